The first-order valence-electron chi connectivity index (χ1n) is 5.28. The first-order valence-corrected chi connectivity index (χ1v) is 5.66. The molecule has 2 rings (SSSR count). The number of hydrogen-bond acceptors (Lipinski definition) is 2. The Morgan fingerprint density at radius 1 is 1.06 bits per heavy atom. The maximum Gasteiger partial charge on any atom is 0.131 e. The number of nitrogens with one attached hydrogen (secondary N) is 1. The molecular formula is C13H11ClF2N2. The first kappa shape index (κ1) is 13.0. The van der Waals surface area contributed by atoms with Crippen LogP contribution in [0.2, 0.25) is 5.02 Å². The van der Waals surface area contributed by atoms with Crippen molar-refractivity contribution in [3.8, 4) is 0 Å². The van der Waals surface area contributed by atoms with Crippen LogP contribution in [0, 0.1) is 11.6 Å². The highest BCUT2D eigenvalue weighted by molar-refractivity contribution is 6.30. The molecule has 2 aromatic carbocycles. The number of nitrogens with two attached hydrogens (primary N) is 1. The van der Waals surface area contributed by atoms with Gasteiger partial charge in [0.25, 0.3) is 0 Å². The predicted octanol–water partition coefficient (Wildman–Crippen LogP) is 3.17. The van der Waals surface area contributed by atoms with Gasteiger partial charge in [0.2, 0.25) is 0 Å². The van der Waals surface area contributed by atoms with E-state index in [0.717, 1.165) is 11.6 Å². The molecule has 18 heavy (non-hydrogen) atoms. The predicted molar refractivity (Wildman–Crippen MR) is 67.0 cm³/mol. The van der Waals surface area contributed by atoms with Gasteiger partial charge >= 0.3 is 0 Å². The molecule has 0 bridgehead atoms. The summed E-state index contributed by atoms with van der Waals surface area (Å²) in [4.78, 5) is 0. The van der Waals surface area contributed by atoms with E-state index in [4.69, 9.17) is 17.4 Å². The molecule has 0 aliphatic heterocycles. The number of rotatable bonds is 3. The van der Waals surface area contributed by atoms with Gasteiger partial charge in [0, 0.05) is 16.7 Å². The molecule has 0 amide bonds. The number of benzene rings is 2. The van der Waals surface area contributed by atoms with Crippen LogP contribution in [0.3, 0.4) is 0 Å². The van der Waals surface area contributed by atoms with E-state index >= 15 is 0 Å². The van der Waals surface area contributed by atoms with Crippen LogP contribution in [0.25, 0.3) is 0 Å². The van der Waals surface area contributed by atoms with E-state index < -0.39 is 17.7 Å². The Morgan fingerprint density at radius 3 is 2.28 bits per heavy atom. The molecule has 0 radical (unpaired) electrons. The molecule has 5 heteroatoms. The lowest BCUT2D eigenvalue weighted by Gasteiger charge is -2.17. The average Bonchev–Trinajstić information content (AvgIpc) is 2.35. The van der Waals surface area contributed by atoms with Crippen molar-refractivity contribution in [3.63, 3.8) is 0 Å². The molecule has 0 aromatic heterocycles. The van der Waals surface area contributed by atoms with Gasteiger partial charge in [0.05, 0.1) is 6.04 Å². The third-order valence-corrected chi connectivity index (χ3v) is 2.90. The second-order valence-electron chi connectivity index (χ2n) is 3.82. The Labute approximate surface area is 108 Å². The molecule has 0 spiro atoms. The van der Waals surface area contributed by atoms with Gasteiger partial charge in [-0.25, -0.2) is 14.2 Å². The Kier molecular flexibility index (Phi) is 3.91. The van der Waals surface area contributed by atoms with Crippen molar-refractivity contribution in [2.24, 2.45) is 5.84 Å². The molecule has 0 saturated heterocycles. The smallest absolute Gasteiger partial charge is 0.131 e. The van der Waals surface area contributed by atoms with Crippen molar-refractivity contribution in [3.05, 3.63) is 70.2 Å². The highest BCUT2D eigenvalue weighted by Gasteiger charge is 2.16. The minimum Gasteiger partial charge on any atom is -0.271 e. The van der Waals surface area contributed by atoms with Crippen molar-refractivity contribution in [1.29, 1.82) is 0 Å². The van der Waals surface area contributed by atoms with Crippen LogP contribution in [0.15, 0.2) is 42.5 Å². The fourth-order valence-corrected chi connectivity index (χ4v) is 1.88. The fraction of sp³-hybridized carbons (Fsp3) is 0.0769. The Balaban J connectivity index is 2.41. The Hall–Kier alpha value is -1.49. The largest absolute Gasteiger partial charge is 0.271 e. The first-order chi connectivity index (χ1) is 8.61. The topological polar surface area (TPSA) is 38.0 Å². The van der Waals surface area contributed by atoms with Gasteiger partial charge in [-0.05, 0) is 23.8 Å². The Morgan fingerprint density at radius 2 is 1.72 bits per heavy atom. The highest BCUT2D eigenvalue weighted by atomic mass is 35.5. The normalized spacial score (nSPS) is 12.4. The van der Waals surface area contributed by atoms with Crippen LogP contribution in [-0.4, -0.2) is 0 Å². The summed E-state index contributed by atoms with van der Waals surface area (Å²) in [5, 5.41) is 0.578. The van der Waals surface area contributed by atoms with Crippen LogP contribution in [0.4, 0.5) is 8.78 Å². The average molecular weight is 269 g/mol. The summed E-state index contributed by atoms with van der Waals surface area (Å²) in [6.07, 6.45) is 0. The lowest BCUT2D eigenvalue weighted by molar-refractivity contribution is 0.541. The van der Waals surface area contributed by atoms with Gasteiger partial charge in [0.1, 0.15) is 11.6 Å². The molecule has 2 aromatic rings. The van der Waals surface area contributed by atoms with Crippen LogP contribution in [0.5, 0.6) is 0 Å². The van der Waals surface area contributed by atoms with E-state index in [1.807, 2.05) is 0 Å². The number of hydrogen-bond donors (Lipinski definition) is 2. The van der Waals surface area contributed by atoms with Gasteiger partial charge in [0.15, 0.2) is 0 Å². The zero-order valence-corrected chi connectivity index (χ0v) is 10.1. The van der Waals surface area contributed by atoms with E-state index in [1.165, 1.54) is 12.1 Å². The molecule has 1 unspecified atom stereocenters. The zero-order chi connectivity index (χ0) is 13.1. The minimum absolute atomic E-state index is 0.279. The van der Waals surface area contributed by atoms with E-state index in [2.05, 4.69) is 5.43 Å². The quantitative estimate of drug-likeness (QED) is 0.663. The molecule has 1 atom stereocenters. The summed E-state index contributed by atoms with van der Waals surface area (Å²) >= 11 is 5.78. The van der Waals surface area contributed by atoms with E-state index in [-0.39, 0.29) is 5.56 Å². The van der Waals surface area contributed by atoms with Crippen molar-refractivity contribution >= 4 is 11.6 Å². The lowest BCUT2D eigenvalue weighted by atomic mass is 9.99. The van der Waals surface area contributed by atoms with Crippen LogP contribution >= 0.6 is 11.6 Å². The van der Waals surface area contributed by atoms with E-state index in [0.29, 0.717) is 5.02 Å². The van der Waals surface area contributed by atoms with Crippen molar-refractivity contribution in [2.45, 2.75) is 6.04 Å². The maximum absolute atomic E-state index is 13.7. The highest BCUT2D eigenvalue weighted by Crippen LogP contribution is 2.25. The van der Waals surface area contributed by atoms with Gasteiger partial charge < -0.3 is 0 Å². The number of halogens is 3. The van der Waals surface area contributed by atoms with Crippen LogP contribution in [-0.2, 0) is 0 Å². The molecule has 0 fully saturated rings. The second kappa shape index (κ2) is 5.44. The molecular weight excluding hydrogens is 258 g/mol. The monoisotopic (exact) mass is 268 g/mol. The third kappa shape index (κ3) is 2.67. The maximum atomic E-state index is 13.7. The third-order valence-electron chi connectivity index (χ3n) is 2.64. The van der Waals surface area contributed by atoms with Gasteiger partial charge in [-0.2, -0.15) is 0 Å². The minimum atomic E-state index is -0.645. The molecule has 2 nitrogen and oxygen atoms in total. The molecule has 0 aliphatic rings. The fourth-order valence-electron chi connectivity index (χ4n) is 1.76. The van der Waals surface area contributed by atoms with E-state index in [9.17, 15) is 8.78 Å². The SMILES string of the molecule is NNC(c1ccc(Cl)cc1)c1ccc(F)cc1F. The zero-order valence-electron chi connectivity index (χ0n) is 9.33. The van der Waals surface area contributed by atoms with Crippen molar-refractivity contribution in [1.82, 2.24) is 5.43 Å². The van der Waals surface area contributed by atoms with Crippen LogP contribution in [0.1, 0.15) is 17.2 Å². The standard InChI is InChI=1S/C13H11ClF2N2/c14-9-3-1-8(2-4-9)13(18-17)11-6-5-10(15)7-12(11)16/h1-7,13,18H,17H2. The number of hydrazine groups is 1. The van der Waals surface area contributed by atoms with Crippen molar-refractivity contribution < 1.29 is 8.78 Å². The molecule has 0 saturated carbocycles. The summed E-state index contributed by atoms with van der Waals surface area (Å²) in [5.74, 6) is 4.17. The summed E-state index contributed by atoms with van der Waals surface area (Å²) in [7, 11) is 0. The molecule has 94 valence electrons. The molecule has 0 heterocycles. The van der Waals surface area contributed by atoms with E-state index in [1.54, 1.807) is 24.3 Å². The second-order valence-corrected chi connectivity index (χ2v) is 4.25. The van der Waals surface area contributed by atoms with Crippen LogP contribution < -0.4 is 11.3 Å². The molecule has 0 aliphatic carbocycles. The van der Waals surface area contributed by atoms with Gasteiger partial charge in [-0.1, -0.05) is 29.8 Å². The summed E-state index contributed by atoms with van der Waals surface area (Å²) in [6, 6.07) is 9.66. The summed E-state index contributed by atoms with van der Waals surface area (Å²) in [6.45, 7) is 0. The van der Waals surface area contributed by atoms with Gasteiger partial charge in [-0.3, -0.25) is 5.84 Å². The lowest BCUT2D eigenvalue weighted by Crippen LogP contribution is -2.29. The Bertz CT molecular complexity index is 543. The van der Waals surface area contributed by atoms with Crippen molar-refractivity contribution in [2.75, 3.05) is 0 Å². The summed E-state index contributed by atoms with van der Waals surface area (Å²) < 4.78 is 26.6. The molecule has 3 N–H and O–H groups in total. The summed E-state index contributed by atoms with van der Waals surface area (Å²) in [5.41, 5.74) is 3.53. The van der Waals surface area contributed by atoms with Gasteiger partial charge in [-0.15, -0.1) is 0 Å².